The first-order valence-corrected chi connectivity index (χ1v) is 26.5. The fourth-order valence-corrected chi connectivity index (χ4v) is 7.63. The molecule has 0 bridgehead atoms. The summed E-state index contributed by atoms with van der Waals surface area (Å²) in [5.74, 6) is 2.68. The molecule has 18 heteroatoms. The van der Waals surface area contributed by atoms with Crippen LogP contribution in [0.2, 0.25) is 0 Å². The average Bonchev–Trinajstić information content (AvgIpc) is 3.47. The van der Waals surface area contributed by atoms with Crippen LogP contribution in [-0.4, -0.2) is 92.6 Å². The number of halogens is 2. The van der Waals surface area contributed by atoms with Crippen LogP contribution in [0.5, 0.6) is 23.0 Å². The Labute approximate surface area is 455 Å². The van der Waals surface area contributed by atoms with Gasteiger partial charge in [0.15, 0.2) is 34.9 Å². The molecular formula is C60H72F2N12O4. The number of phenolic OH excluding ortho intramolecular Hbond substituents is 2. The number of nitrogens with one attached hydrogen (secondary N) is 2. The molecule has 0 atom stereocenters. The van der Waals surface area contributed by atoms with Gasteiger partial charge in [0.2, 0.25) is 0 Å². The van der Waals surface area contributed by atoms with E-state index in [1.807, 2.05) is 54.6 Å². The van der Waals surface area contributed by atoms with E-state index in [1.165, 1.54) is 49.6 Å². The minimum Gasteiger partial charge on any atom is -0.507 e. The van der Waals surface area contributed by atoms with E-state index in [4.69, 9.17) is 47.4 Å². The molecule has 0 radical (unpaired) electrons. The number of nitrogens with two attached hydrogens (primary N) is 4. The Kier molecular flexibility index (Phi) is 24.1. The number of nitrogens with zero attached hydrogens (tertiary/aromatic N) is 6. The maximum atomic E-state index is 13.4. The van der Waals surface area contributed by atoms with E-state index >= 15 is 0 Å². The lowest BCUT2D eigenvalue weighted by molar-refractivity contribution is 0.303. The summed E-state index contributed by atoms with van der Waals surface area (Å²) >= 11 is 0. The Bertz CT molecular complexity index is 2910. The number of anilines is 2. The number of benzene rings is 6. The lowest BCUT2D eigenvalue weighted by Gasteiger charge is -2.12. The predicted molar refractivity (Wildman–Crippen MR) is 308 cm³/mol. The largest absolute Gasteiger partial charge is 0.507 e. The molecule has 16 nitrogen and oxygen atoms in total. The number of hydrogen-bond acceptors (Lipinski definition) is 16. The summed E-state index contributed by atoms with van der Waals surface area (Å²) in [7, 11) is 0. The molecule has 410 valence electrons. The maximum absolute atomic E-state index is 13.4. The average molecular weight is 1060 g/mol. The summed E-state index contributed by atoms with van der Waals surface area (Å²) in [5, 5.41) is 28.2. The van der Waals surface area contributed by atoms with E-state index in [-0.39, 0.29) is 29.0 Å². The van der Waals surface area contributed by atoms with Crippen molar-refractivity contribution in [2.75, 3.05) is 63.1 Å². The second-order valence-corrected chi connectivity index (χ2v) is 18.0. The van der Waals surface area contributed by atoms with Crippen molar-refractivity contribution in [2.45, 2.75) is 65.2 Å². The summed E-state index contributed by atoms with van der Waals surface area (Å²) in [6, 6.07) is 37.5. The normalized spacial score (nSPS) is 10.7. The van der Waals surface area contributed by atoms with Crippen LogP contribution in [-0.2, 0) is 0 Å². The van der Waals surface area contributed by atoms with Crippen LogP contribution < -0.4 is 43.0 Å². The Morgan fingerprint density at radius 2 is 0.718 bits per heavy atom. The van der Waals surface area contributed by atoms with Gasteiger partial charge >= 0.3 is 0 Å². The molecule has 0 saturated heterocycles. The summed E-state index contributed by atoms with van der Waals surface area (Å²) in [6.07, 6.45) is 8.85. The fourth-order valence-electron chi connectivity index (χ4n) is 7.63. The summed E-state index contributed by atoms with van der Waals surface area (Å²) < 4.78 is 38.5. The molecule has 0 spiro atoms. The van der Waals surface area contributed by atoms with Gasteiger partial charge in [0, 0.05) is 85.0 Å². The smallest absolute Gasteiger partial charge is 0.167 e. The number of rotatable bonds is 25. The molecule has 6 aromatic carbocycles. The number of unbranched alkanes of at least 4 members (excludes halogenated alkanes) is 6. The SMILES string of the molecule is CCCCCCOc1ccc(-c2nc(-c3ccc(F)cc3)nc(-c3ccc(F)cc3)n2)c(O)c1.CCCCCCOc1ccc(-c2nc(-c3ccc(NCCN)cc3)nc(-c3ccc(NCCN)cc3)n2)c(O)c1.NCCN. The van der Waals surface area contributed by atoms with Crippen molar-refractivity contribution in [1.82, 2.24) is 29.9 Å². The Hall–Kier alpha value is -8.16. The zero-order valence-corrected chi connectivity index (χ0v) is 44.5. The van der Waals surface area contributed by atoms with E-state index < -0.39 is 0 Å². The highest BCUT2D eigenvalue weighted by molar-refractivity contribution is 5.73. The highest BCUT2D eigenvalue weighted by atomic mass is 19.1. The molecule has 78 heavy (non-hydrogen) atoms. The first-order chi connectivity index (χ1) is 38.0. The van der Waals surface area contributed by atoms with Gasteiger partial charge in [-0.3, -0.25) is 0 Å². The molecule has 0 fully saturated rings. The Morgan fingerprint density at radius 3 is 1.01 bits per heavy atom. The quantitative estimate of drug-likeness (QED) is 0.0247. The third kappa shape index (κ3) is 18.3. The molecule has 0 unspecified atom stereocenters. The van der Waals surface area contributed by atoms with Gasteiger partial charge in [-0.05, 0) is 134 Å². The zero-order chi connectivity index (χ0) is 55.5. The van der Waals surface area contributed by atoms with Crippen LogP contribution in [0.25, 0.3) is 68.3 Å². The summed E-state index contributed by atoms with van der Waals surface area (Å²) in [4.78, 5) is 27.8. The fraction of sp³-hybridized carbons (Fsp3) is 0.300. The summed E-state index contributed by atoms with van der Waals surface area (Å²) in [6.45, 7) is 9.20. The van der Waals surface area contributed by atoms with Crippen molar-refractivity contribution in [3.63, 3.8) is 0 Å². The van der Waals surface area contributed by atoms with Gasteiger partial charge < -0.3 is 53.3 Å². The molecule has 8 rings (SSSR count). The highest BCUT2D eigenvalue weighted by Crippen LogP contribution is 2.35. The molecule has 0 aliphatic rings. The van der Waals surface area contributed by atoms with Crippen molar-refractivity contribution in [3.8, 4) is 91.3 Å². The van der Waals surface area contributed by atoms with Gasteiger partial charge in [-0.15, -0.1) is 0 Å². The molecule has 0 aliphatic heterocycles. The van der Waals surface area contributed by atoms with Crippen LogP contribution in [0.15, 0.2) is 133 Å². The zero-order valence-electron chi connectivity index (χ0n) is 44.5. The monoisotopic (exact) mass is 1060 g/mol. The number of aromatic nitrogens is 6. The van der Waals surface area contributed by atoms with Crippen molar-refractivity contribution in [3.05, 3.63) is 145 Å². The minimum absolute atomic E-state index is 0.0348. The highest BCUT2D eigenvalue weighted by Gasteiger charge is 2.18. The van der Waals surface area contributed by atoms with E-state index in [9.17, 15) is 19.0 Å². The summed E-state index contributed by atoms with van der Waals surface area (Å²) in [5.41, 5.74) is 26.7. The van der Waals surface area contributed by atoms with E-state index in [0.717, 1.165) is 54.6 Å². The van der Waals surface area contributed by atoms with Crippen LogP contribution in [0.1, 0.15) is 65.2 Å². The standard InChI is InChI=1S/C31H39N7O2.C27H25F2N3O2.C2H8N2/c1-2-3-4-5-20-40-26-14-15-27(28(39)21-26)31-37-29(22-6-10-24(11-7-22)34-18-16-32)36-30(38-31)23-8-12-25(13-9-23)35-19-17-33;1-2-3-4-5-16-34-22-14-15-23(24(33)17-22)27-31-25(18-6-10-20(28)11-7-18)30-26(32-27)19-8-12-21(29)13-9-19;3-1-2-4/h6-15,21,34-35,39H,2-5,16-20,32-33H2,1H3;6-15,17,33H,2-5,16H2,1H3;1-4H2. The van der Waals surface area contributed by atoms with Gasteiger partial charge in [-0.2, -0.15) is 0 Å². The number of hydrogen-bond donors (Lipinski definition) is 8. The Morgan fingerprint density at radius 1 is 0.397 bits per heavy atom. The van der Waals surface area contributed by atoms with Crippen LogP contribution in [0, 0.1) is 11.6 Å². The molecule has 0 saturated carbocycles. The van der Waals surface area contributed by atoms with Crippen molar-refractivity contribution < 1.29 is 28.5 Å². The first-order valence-electron chi connectivity index (χ1n) is 26.5. The van der Waals surface area contributed by atoms with Gasteiger partial charge in [0.05, 0.1) is 24.3 Å². The van der Waals surface area contributed by atoms with E-state index in [1.54, 1.807) is 48.5 Å². The number of phenols is 2. The molecular weight excluding hydrogens is 991 g/mol. The molecule has 12 N–H and O–H groups in total. The van der Waals surface area contributed by atoms with E-state index in [2.05, 4.69) is 39.4 Å². The van der Waals surface area contributed by atoms with Gasteiger partial charge in [-0.1, -0.05) is 52.4 Å². The van der Waals surface area contributed by atoms with Gasteiger partial charge in [0.25, 0.3) is 0 Å². The minimum atomic E-state index is -0.375. The van der Waals surface area contributed by atoms with Crippen LogP contribution in [0.3, 0.4) is 0 Å². The third-order valence-electron chi connectivity index (χ3n) is 11.8. The number of aromatic hydroxyl groups is 2. The molecule has 2 aromatic heterocycles. The van der Waals surface area contributed by atoms with Crippen molar-refractivity contribution >= 4 is 11.4 Å². The molecule has 2 heterocycles. The van der Waals surface area contributed by atoms with E-state index in [0.29, 0.717) is 115 Å². The topological polar surface area (TPSA) is 264 Å². The van der Waals surface area contributed by atoms with Gasteiger partial charge in [-0.25, -0.2) is 38.7 Å². The third-order valence-corrected chi connectivity index (χ3v) is 11.8. The second-order valence-electron chi connectivity index (χ2n) is 18.0. The predicted octanol–water partition coefficient (Wildman–Crippen LogP) is 11.0. The Balaban J connectivity index is 0.000000239. The van der Waals surface area contributed by atoms with Gasteiger partial charge in [0.1, 0.15) is 34.6 Å². The molecule has 0 aliphatic carbocycles. The second kappa shape index (κ2) is 31.8. The van der Waals surface area contributed by atoms with Crippen molar-refractivity contribution in [2.24, 2.45) is 22.9 Å². The maximum Gasteiger partial charge on any atom is 0.167 e. The lowest BCUT2D eigenvalue weighted by Crippen LogP contribution is -2.12. The first kappa shape index (κ1) is 59.1. The van der Waals surface area contributed by atoms with Crippen LogP contribution in [0.4, 0.5) is 20.2 Å². The molecule has 8 aromatic rings. The van der Waals surface area contributed by atoms with Crippen LogP contribution >= 0.6 is 0 Å². The van der Waals surface area contributed by atoms with Crippen molar-refractivity contribution in [1.29, 1.82) is 0 Å². The molecule has 0 amide bonds. The lowest BCUT2D eigenvalue weighted by atomic mass is 10.1. The number of ether oxygens (including phenoxy) is 2.